The molecule has 0 saturated carbocycles. The van der Waals surface area contributed by atoms with Crippen LogP contribution in [0.5, 0.6) is 5.75 Å². The number of methoxy groups -OCH3 is 1. The maximum absolute atomic E-state index is 13.9. The number of hydrogen-bond acceptors (Lipinski definition) is 5. The second-order valence-electron chi connectivity index (χ2n) is 8.12. The van der Waals surface area contributed by atoms with E-state index in [1.54, 1.807) is 23.3 Å². The Morgan fingerprint density at radius 1 is 1.12 bits per heavy atom. The van der Waals surface area contributed by atoms with Crippen LogP contribution in [0.1, 0.15) is 22.0 Å². The van der Waals surface area contributed by atoms with Gasteiger partial charge < -0.3 is 19.5 Å². The Bertz CT molecular complexity index is 1350. The number of carbonyl (C=O) groups is 2. The monoisotopic (exact) mass is 491 g/mol. The van der Waals surface area contributed by atoms with Crippen molar-refractivity contribution in [2.24, 2.45) is 7.05 Å². The number of carbonyl (C=O) groups excluding carboxylic acids is 2. The highest BCUT2D eigenvalue weighted by Gasteiger charge is 2.39. The van der Waals surface area contributed by atoms with Crippen LogP contribution < -0.4 is 10.1 Å². The highest BCUT2D eigenvalue weighted by atomic mass is 32.2. The molecular formula is C26H25N3O3S2. The zero-order chi connectivity index (χ0) is 23.7. The molecule has 0 fully saturated rings. The first-order valence-corrected chi connectivity index (χ1v) is 12.9. The van der Waals surface area contributed by atoms with Crippen molar-refractivity contribution >= 4 is 45.8 Å². The lowest BCUT2D eigenvalue weighted by Gasteiger charge is -2.29. The number of para-hydroxylation sites is 2. The summed E-state index contributed by atoms with van der Waals surface area (Å²) in [4.78, 5) is 30.0. The lowest BCUT2D eigenvalue weighted by Crippen LogP contribution is -2.43. The standard InChI is InChI=1S/C26H25N3O3S2/c1-28-20-11-5-4-10-19(20)23-24(25(31)27-14-17-8-3-6-12-21(17)32-2)29(15-18-9-7-13-33-18)22(30)16-34-26(23)28/h3-13,24H,14-16H2,1-2H3,(H,27,31)/t24-/m0/s1. The minimum atomic E-state index is -0.736. The van der Waals surface area contributed by atoms with Crippen LogP contribution in [0.25, 0.3) is 10.9 Å². The number of aromatic nitrogens is 1. The number of nitrogens with one attached hydrogen (secondary N) is 1. The minimum absolute atomic E-state index is 0.0453. The first-order valence-electron chi connectivity index (χ1n) is 11.0. The summed E-state index contributed by atoms with van der Waals surface area (Å²) < 4.78 is 7.54. The Morgan fingerprint density at radius 2 is 1.91 bits per heavy atom. The van der Waals surface area contributed by atoms with Crippen LogP contribution in [-0.2, 0) is 29.7 Å². The lowest BCUT2D eigenvalue weighted by molar-refractivity contribution is -0.139. The molecule has 174 valence electrons. The van der Waals surface area contributed by atoms with Gasteiger partial charge in [0.25, 0.3) is 0 Å². The molecule has 2 aromatic carbocycles. The van der Waals surface area contributed by atoms with Gasteiger partial charge in [-0.2, -0.15) is 0 Å². The predicted molar refractivity (Wildman–Crippen MR) is 136 cm³/mol. The third-order valence-electron chi connectivity index (χ3n) is 6.13. The van der Waals surface area contributed by atoms with E-state index in [-0.39, 0.29) is 11.8 Å². The summed E-state index contributed by atoms with van der Waals surface area (Å²) in [5.74, 6) is 0.766. The third-order valence-corrected chi connectivity index (χ3v) is 8.15. The van der Waals surface area contributed by atoms with Crippen LogP contribution in [0.4, 0.5) is 0 Å². The van der Waals surface area contributed by atoms with E-state index in [1.807, 2.05) is 67.0 Å². The molecule has 0 unspecified atom stereocenters. The molecule has 2 aromatic heterocycles. The Kier molecular flexibility index (Phi) is 6.34. The van der Waals surface area contributed by atoms with Crippen molar-refractivity contribution in [2.45, 2.75) is 24.2 Å². The summed E-state index contributed by atoms with van der Waals surface area (Å²) in [6, 6.07) is 18.9. The van der Waals surface area contributed by atoms with E-state index >= 15 is 0 Å². The average Bonchev–Trinajstić information content (AvgIpc) is 3.44. The van der Waals surface area contributed by atoms with Gasteiger partial charge in [-0.3, -0.25) is 9.59 Å². The Morgan fingerprint density at radius 3 is 2.71 bits per heavy atom. The first kappa shape index (κ1) is 22.6. The van der Waals surface area contributed by atoms with Crippen LogP contribution in [0, 0.1) is 0 Å². The molecule has 4 aromatic rings. The fraction of sp³-hybridized carbons (Fsp3) is 0.231. The highest BCUT2D eigenvalue weighted by Crippen LogP contribution is 2.42. The Labute approximate surface area is 206 Å². The normalized spacial score (nSPS) is 15.8. The van der Waals surface area contributed by atoms with Gasteiger partial charge in [-0.1, -0.05) is 54.2 Å². The molecule has 1 atom stereocenters. The molecular weight excluding hydrogens is 466 g/mol. The van der Waals surface area contributed by atoms with Gasteiger partial charge in [-0.05, 0) is 23.6 Å². The van der Waals surface area contributed by atoms with Crippen LogP contribution in [0.2, 0.25) is 0 Å². The largest absolute Gasteiger partial charge is 0.496 e. The fourth-order valence-corrected chi connectivity index (χ4v) is 6.30. The molecule has 2 amide bonds. The van der Waals surface area contributed by atoms with Gasteiger partial charge >= 0.3 is 0 Å². The minimum Gasteiger partial charge on any atom is -0.496 e. The van der Waals surface area contributed by atoms with Crippen molar-refractivity contribution in [3.8, 4) is 5.75 Å². The zero-order valence-electron chi connectivity index (χ0n) is 19.0. The Balaban J connectivity index is 1.58. The van der Waals surface area contributed by atoms with Crippen molar-refractivity contribution in [2.75, 3.05) is 12.9 Å². The number of benzene rings is 2. The number of hydrogen-bond donors (Lipinski definition) is 1. The van der Waals surface area contributed by atoms with E-state index in [0.29, 0.717) is 18.8 Å². The number of fused-ring (bicyclic) bond motifs is 3. The summed E-state index contributed by atoms with van der Waals surface area (Å²) in [6.45, 7) is 0.708. The number of ether oxygens (including phenoxy) is 1. The van der Waals surface area contributed by atoms with Gasteiger partial charge in [0.05, 0.1) is 24.4 Å². The summed E-state index contributed by atoms with van der Waals surface area (Å²) >= 11 is 3.09. The topological polar surface area (TPSA) is 63.6 Å². The Hall–Kier alpha value is -3.23. The molecule has 1 aliphatic rings. The summed E-state index contributed by atoms with van der Waals surface area (Å²) in [7, 11) is 3.62. The molecule has 0 bridgehead atoms. The number of nitrogens with zero attached hydrogens (tertiary/aromatic N) is 2. The van der Waals surface area contributed by atoms with E-state index < -0.39 is 6.04 Å². The zero-order valence-corrected chi connectivity index (χ0v) is 20.6. The number of aryl methyl sites for hydroxylation is 1. The molecule has 1 N–H and O–H groups in total. The van der Waals surface area contributed by atoms with Crippen LogP contribution >= 0.6 is 23.1 Å². The van der Waals surface area contributed by atoms with E-state index in [2.05, 4.69) is 16.0 Å². The van der Waals surface area contributed by atoms with E-state index in [1.165, 1.54) is 11.8 Å². The molecule has 0 spiro atoms. The van der Waals surface area contributed by atoms with Gasteiger partial charge in [0.1, 0.15) is 11.8 Å². The smallest absolute Gasteiger partial charge is 0.247 e. The summed E-state index contributed by atoms with van der Waals surface area (Å²) in [5.41, 5.74) is 2.83. The quantitative estimate of drug-likeness (QED) is 0.423. The summed E-state index contributed by atoms with van der Waals surface area (Å²) in [5, 5.41) is 7.04. The number of amides is 2. The van der Waals surface area contributed by atoms with Crippen molar-refractivity contribution in [1.82, 2.24) is 14.8 Å². The second kappa shape index (κ2) is 9.56. The summed E-state index contributed by atoms with van der Waals surface area (Å²) in [6.07, 6.45) is 0. The average molecular weight is 492 g/mol. The van der Waals surface area contributed by atoms with E-state index in [0.717, 1.165) is 37.7 Å². The van der Waals surface area contributed by atoms with Crippen LogP contribution in [0.15, 0.2) is 71.1 Å². The van der Waals surface area contributed by atoms with Gasteiger partial charge in [-0.15, -0.1) is 11.3 Å². The maximum Gasteiger partial charge on any atom is 0.247 e. The fourth-order valence-electron chi connectivity index (χ4n) is 4.50. The lowest BCUT2D eigenvalue weighted by atomic mass is 10.0. The van der Waals surface area contributed by atoms with Gasteiger partial charge in [0.2, 0.25) is 11.8 Å². The second-order valence-corrected chi connectivity index (χ2v) is 10.1. The number of rotatable bonds is 6. The SMILES string of the molecule is COc1ccccc1CNC(=O)[C@@H]1c2c(n(C)c3ccccc23)SCC(=O)N1Cc1cccs1. The molecule has 8 heteroatoms. The highest BCUT2D eigenvalue weighted by molar-refractivity contribution is 8.00. The molecule has 6 nitrogen and oxygen atoms in total. The van der Waals surface area contributed by atoms with Crippen molar-refractivity contribution in [3.63, 3.8) is 0 Å². The molecule has 34 heavy (non-hydrogen) atoms. The van der Waals surface area contributed by atoms with Crippen LogP contribution in [-0.4, -0.2) is 34.1 Å². The van der Waals surface area contributed by atoms with Gasteiger partial charge in [0.15, 0.2) is 0 Å². The molecule has 1 aliphatic heterocycles. The molecule has 5 rings (SSSR count). The van der Waals surface area contributed by atoms with Crippen molar-refractivity contribution in [1.29, 1.82) is 0 Å². The predicted octanol–water partition coefficient (Wildman–Crippen LogP) is 4.74. The molecule has 0 saturated heterocycles. The van der Waals surface area contributed by atoms with Crippen molar-refractivity contribution in [3.05, 3.63) is 82.0 Å². The molecule has 3 heterocycles. The van der Waals surface area contributed by atoms with Crippen LogP contribution in [0.3, 0.4) is 0 Å². The molecule has 0 radical (unpaired) electrons. The van der Waals surface area contributed by atoms with Gasteiger partial charge in [0, 0.05) is 40.5 Å². The van der Waals surface area contributed by atoms with Crippen molar-refractivity contribution < 1.29 is 14.3 Å². The van der Waals surface area contributed by atoms with E-state index in [4.69, 9.17) is 4.74 Å². The third kappa shape index (κ3) is 4.08. The van der Waals surface area contributed by atoms with E-state index in [9.17, 15) is 9.59 Å². The number of thiophene rings is 1. The first-order chi connectivity index (χ1) is 16.6. The van der Waals surface area contributed by atoms with Gasteiger partial charge in [-0.25, -0.2) is 0 Å². The maximum atomic E-state index is 13.9. The molecule has 0 aliphatic carbocycles. The number of thioether (sulfide) groups is 1.